The number of hydrogen-bond acceptors (Lipinski definition) is 2. The molecule has 4 atom stereocenters. The van der Waals surface area contributed by atoms with Crippen LogP contribution in [0, 0.1) is 0 Å². The molecule has 4 unspecified atom stereocenters. The van der Waals surface area contributed by atoms with Crippen LogP contribution in [0.4, 0.5) is 0 Å². The van der Waals surface area contributed by atoms with Crippen molar-refractivity contribution in [3.05, 3.63) is 24.8 Å². The van der Waals surface area contributed by atoms with Gasteiger partial charge in [0.1, 0.15) is 13.1 Å². The molecule has 0 fully saturated rings. The van der Waals surface area contributed by atoms with E-state index in [1.54, 1.807) is 0 Å². The highest BCUT2D eigenvalue weighted by Crippen LogP contribution is 2.40. The van der Waals surface area contributed by atoms with E-state index in [0.717, 1.165) is 9.18 Å². The first-order valence-electron chi connectivity index (χ1n) is 8.03. The summed E-state index contributed by atoms with van der Waals surface area (Å²) in [6.45, 7) is 11.7. The minimum Gasteiger partial charge on any atom is -0.323 e. The summed E-state index contributed by atoms with van der Waals surface area (Å²) in [4.78, 5) is 4.73. The third-order valence-electron chi connectivity index (χ3n) is 5.45. The molecule has 0 aromatic heterocycles. The lowest BCUT2D eigenvalue weighted by Gasteiger charge is -2.52. The second-order valence-corrected chi connectivity index (χ2v) is 6.41. The standard InChI is InChI=1S/C16H32N4/c1-7-11-19(13-9-17(5)15(19)3)20(12-8-2)14-10-18(6)16(20)4/h9-10,13-16H,7-8,11-12H2,1-6H3/q+2. The molecule has 0 aliphatic carbocycles. The Morgan fingerprint density at radius 2 is 1.15 bits per heavy atom. The summed E-state index contributed by atoms with van der Waals surface area (Å²) in [7, 11) is 4.40. The van der Waals surface area contributed by atoms with Gasteiger partial charge in [-0.25, -0.2) is 0 Å². The summed E-state index contributed by atoms with van der Waals surface area (Å²) in [5, 5.41) is 0. The Hall–Kier alpha value is -1.00. The van der Waals surface area contributed by atoms with E-state index in [2.05, 4.69) is 76.4 Å². The number of quaternary nitrogens is 2. The number of hydrogen-bond donors (Lipinski definition) is 0. The minimum atomic E-state index is 0.486. The molecule has 0 bridgehead atoms. The van der Waals surface area contributed by atoms with Crippen LogP contribution in [0.15, 0.2) is 24.8 Å². The van der Waals surface area contributed by atoms with E-state index in [1.165, 1.54) is 25.9 Å². The van der Waals surface area contributed by atoms with E-state index < -0.39 is 0 Å². The molecular formula is C16H32N4+2. The first-order chi connectivity index (χ1) is 9.45. The first kappa shape index (κ1) is 15.4. The third-order valence-corrected chi connectivity index (χ3v) is 5.45. The molecular weight excluding hydrogens is 248 g/mol. The average molecular weight is 280 g/mol. The van der Waals surface area contributed by atoms with Crippen molar-refractivity contribution >= 4 is 0 Å². The van der Waals surface area contributed by atoms with Gasteiger partial charge in [0.2, 0.25) is 12.3 Å². The molecule has 0 radical (unpaired) electrons. The largest absolute Gasteiger partial charge is 0.323 e. The topological polar surface area (TPSA) is 6.48 Å². The second-order valence-electron chi connectivity index (χ2n) is 6.41. The highest BCUT2D eigenvalue weighted by atomic mass is 15.9. The summed E-state index contributed by atoms with van der Waals surface area (Å²) >= 11 is 0. The molecule has 0 amide bonds. The highest BCUT2D eigenvalue weighted by Gasteiger charge is 2.60. The maximum Gasteiger partial charge on any atom is 0.209 e. The van der Waals surface area contributed by atoms with Crippen molar-refractivity contribution in [1.29, 1.82) is 0 Å². The van der Waals surface area contributed by atoms with Crippen molar-refractivity contribution in [3.63, 3.8) is 0 Å². The van der Waals surface area contributed by atoms with Gasteiger partial charge in [-0.15, -0.1) is 9.18 Å². The van der Waals surface area contributed by atoms with Crippen molar-refractivity contribution in [1.82, 2.24) is 9.80 Å². The minimum absolute atomic E-state index is 0.486. The zero-order valence-electron chi connectivity index (χ0n) is 14.1. The van der Waals surface area contributed by atoms with Crippen LogP contribution in [0.25, 0.3) is 0 Å². The number of nitrogens with zero attached hydrogens (tertiary/aromatic N) is 4. The van der Waals surface area contributed by atoms with Gasteiger partial charge in [0.05, 0.1) is 12.4 Å². The van der Waals surface area contributed by atoms with Crippen LogP contribution in [-0.4, -0.2) is 58.5 Å². The SMILES string of the molecule is CCC[N+]1([N+]2(CCC)C=CN(C)C2C)C=CN(C)C1C. The van der Waals surface area contributed by atoms with Crippen molar-refractivity contribution < 1.29 is 9.18 Å². The predicted octanol–water partition coefficient (Wildman–Crippen LogP) is 2.88. The quantitative estimate of drug-likeness (QED) is 0.715. The fraction of sp³-hybridized carbons (Fsp3) is 0.750. The van der Waals surface area contributed by atoms with E-state index >= 15 is 0 Å². The fourth-order valence-corrected chi connectivity index (χ4v) is 4.05. The smallest absolute Gasteiger partial charge is 0.209 e. The summed E-state index contributed by atoms with van der Waals surface area (Å²) < 4.78 is 2.03. The average Bonchev–Trinajstić information content (AvgIpc) is 2.87. The van der Waals surface area contributed by atoms with Crippen LogP contribution >= 0.6 is 0 Å². The molecule has 0 saturated heterocycles. The van der Waals surface area contributed by atoms with Gasteiger partial charge in [-0.05, 0) is 12.8 Å². The van der Waals surface area contributed by atoms with Crippen LogP contribution in [0.5, 0.6) is 0 Å². The number of rotatable bonds is 5. The van der Waals surface area contributed by atoms with E-state index in [9.17, 15) is 0 Å². The zero-order chi connectivity index (χ0) is 15.0. The predicted molar refractivity (Wildman–Crippen MR) is 83.6 cm³/mol. The van der Waals surface area contributed by atoms with Gasteiger partial charge < -0.3 is 9.80 Å². The van der Waals surface area contributed by atoms with Crippen LogP contribution in [0.2, 0.25) is 0 Å². The Morgan fingerprint density at radius 3 is 1.35 bits per heavy atom. The van der Waals surface area contributed by atoms with Crippen molar-refractivity contribution in [2.24, 2.45) is 0 Å². The van der Waals surface area contributed by atoms with Gasteiger partial charge in [-0.1, -0.05) is 13.8 Å². The Labute approximate surface area is 124 Å². The molecule has 2 rings (SSSR count). The molecule has 114 valence electrons. The normalized spacial score (nSPS) is 40.1. The van der Waals surface area contributed by atoms with Gasteiger partial charge in [0.15, 0.2) is 12.4 Å². The zero-order valence-corrected chi connectivity index (χ0v) is 14.1. The maximum absolute atomic E-state index is 2.43. The highest BCUT2D eigenvalue weighted by molar-refractivity contribution is 4.87. The lowest BCUT2D eigenvalue weighted by atomic mass is 10.2. The van der Waals surface area contributed by atoms with Crippen molar-refractivity contribution in [2.45, 2.75) is 52.9 Å². The van der Waals surface area contributed by atoms with Crippen LogP contribution in [-0.2, 0) is 0 Å². The fourth-order valence-electron chi connectivity index (χ4n) is 4.05. The molecule has 20 heavy (non-hydrogen) atoms. The molecule has 0 N–H and O–H groups in total. The maximum atomic E-state index is 2.43. The molecule has 4 nitrogen and oxygen atoms in total. The van der Waals surface area contributed by atoms with Gasteiger partial charge in [-0.2, -0.15) is 0 Å². The van der Waals surface area contributed by atoms with E-state index in [1.807, 2.05) is 0 Å². The van der Waals surface area contributed by atoms with Crippen LogP contribution in [0.1, 0.15) is 40.5 Å². The molecule has 0 saturated carbocycles. The Morgan fingerprint density at radius 1 is 0.800 bits per heavy atom. The Bertz CT molecular complexity index is 367. The third kappa shape index (κ3) is 1.89. The van der Waals surface area contributed by atoms with E-state index in [-0.39, 0.29) is 0 Å². The van der Waals surface area contributed by atoms with Crippen molar-refractivity contribution in [2.75, 3.05) is 27.2 Å². The molecule has 0 aromatic rings. The van der Waals surface area contributed by atoms with E-state index in [0.29, 0.717) is 12.3 Å². The summed E-state index contributed by atoms with van der Waals surface area (Å²) in [5.41, 5.74) is 0. The summed E-state index contributed by atoms with van der Waals surface area (Å²) in [6, 6.07) is 0. The van der Waals surface area contributed by atoms with Gasteiger partial charge >= 0.3 is 0 Å². The second kappa shape index (κ2) is 5.41. The first-order valence-corrected chi connectivity index (χ1v) is 8.03. The van der Waals surface area contributed by atoms with E-state index in [4.69, 9.17) is 0 Å². The van der Waals surface area contributed by atoms with Crippen molar-refractivity contribution in [3.8, 4) is 0 Å². The van der Waals surface area contributed by atoms with Gasteiger partial charge in [0.25, 0.3) is 0 Å². The van der Waals surface area contributed by atoms with Gasteiger partial charge in [-0.3, -0.25) is 0 Å². The summed E-state index contributed by atoms with van der Waals surface area (Å²) in [5.74, 6) is 0. The molecule has 4 heteroatoms. The van der Waals surface area contributed by atoms with Crippen LogP contribution < -0.4 is 0 Å². The molecule has 2 aliphatic rings. The lowest BCUT2D eigenvalue weighted by Crippen LogP contribution is -2.74. The Kier molecular flexibility index (Phi) is 4.17. The molecule has 2 heterocycles. The molecule has 0 spiro atoms. The van der Waals surface area contributed by atoms with Crippen LogP contribution in [0.3, 0.4) is 0 Å². The Balaban J connectivity index is 2.50. The monoisotopic (exact) mass is 280 g/mol. The molecule has 2 aliphatic heterocycles. The lowest BCUT2D eigenvalue weighted by molar-refractivity contribution is -1.47. The molecule has 0 aromatic carbocycles. The summed E-state index contributed by atoms with van der Waals surface area (Å²) in [6.07, 6.45) is 12.8. The van der Waals surface area contributed by atoms with Gasteiger partial charge in [0, 0.05) is 27.9 Å².